The summed E-state index contributed by atoms with van der Waals surface area (Å²) in [6, 6.07) is 39.1. The highest BCUT2D eigenvalue weighted by Gasteiger charge is 2.20. The Morgan fingerprint density at radius 1 is 0.610 bits per heavy atom. The Balaban J connectivity index is 1.41. The van der Waals surface area contributed by atoms with Crippen molar-refractivity contribution >= 4 is 40.3 Å². The monoisotopic (exact) mass is 543 g/mol. The molecule has 41 heavy (non-hydrogen) atoms. The van der Waals surface area contributed by atoms with Crippen molar-refractivity contribution in [2.24, 2.45) is 0 Å². The van der Waals surface area contributed by atoms with Gasteiger partial charge in [-0.05, 0) is 66.7 Å². The first-order valence-electron chi connectivity index (χ1n) is 13.0. The van der Waals surface area contributed by atoms with E-state index >= 15 is 0 Å². The maximum Gasteiger partial charge on any atom is 0.257 e. The van der Waals surface area contributed by atoms with Crippen LogP contribution in [-0.2, 0) is 0 Å². The van der Waals surface area contributed by atoms with E-state index in [1.54, 1.807) is 55.6 Å². The first-order chi connectivity index (χ1) is 20.1. The first-order valence-corrected chi connectivity index (χ1v) is 13.0. The Hall–Kier alpha value is -5.56. The number of amides is 2. The fraction of sp³-hybridized carbons (Fsp3) is 0.0588. The number of hydrogen-bond donors (Lipinski definition) is 2. The lowest BCUT2D eigenvalue weighted by Crippen LogP contribution is -2.19. The lowest BCUT2D eigenvalue weighted by atomic mass is 10.1. The van der Waals surface area contributed by atoms with Crippen molar-refractivity contribution in [3.63, 3.8) is 0 Å². The minimum atomic E-state index is -0.354. The number of hydrogen-bond acceptors (Lipinski definition) is 5. The molecule has 7 nitrogen and oxygen atoms in total. The van der Waals surface area contributed by atoms with Gasteiger partial charge in [-0.2, -0.15) is 0 Å². The van der Waals surface area contributed by atoms with Crippen LogP contribution in [0, 0.1) is 0 Å². The molecule has 7 heteroatoms. The minimum absolute atomic E-state index is 0.301. The topological polar surface area (TPSA) is 79.9 Å². The minimum Gasteiger partial charge on any atom is -0.497 e. The van der Waals surface area contributed by atoms with E-state index in [0.29, 0.717) is 34.0 Å². The van der Waals surface area contributed by atoms with Gasteiger partial charge in [-0.1, -0.05) is 54.6 Å². The number of methoxy groups -OCH3 is 2. The first kappa shape index (κ1) is 27.0. The van der Waals surface area contributed by atoms with Gasteiger partial charge in [-0.25, -0.2) is 0 Å². The molecule has 0 aliphatic heterocycles. The summed E-state index contributed by atoms with van der Waals surface area (Å²) in [6.45, 7) is 0. The summed E-state index contributed by atoms with van der Waals surface area (Å²) in [5.74, 6) is 0.430. The van der Waals surface area contributed by atoms with Crippen LogP contribution in [0.15, 0.2) is 127 Å². The predicted octanol–water partition coefficient (Wildman–Crippen LogP) is 7.68. The number of carbonyl (C=O) groups is 2. The number of carbonyl (C=O) groups excluding carboxylic acids is 2. The third-order valence-electron chi connectivity index (χ3n) is 6.46. The Morgan fingerprint density at radius 3 is 1.93 bits per heavy atom. The predicted molar refractivity (Wildman–Crippen MR) is 163 cm³/mol. The SMILES string of the molecule is COc1ccc(OC)c(NC(=O)c2cccc(NC(=O)c3ccccc3N(c3ccccc3)c3ccccc3)c2)c1. The van der Waals surface area contributed by atoms with Crippen LogP contribution in [0.25, 0.3) is 0 Å². The van der Waals surface area contributed by atoms with E-state index in [-0.39, 0.29) is 11.8 Å². The Morgan fingerprint density at radius 2 is 1.27 bits per heavy atom. The Bertz CT molecular complexity index is 1620. The van der Waals surface area contributed by atoms with Gasteiger partial charge in [-0.15, -0.1) is 0 Å². The van der Waals surface area contributed by atoms with Crippen LogP contribution in [0.3, 0.4) is 0 Å². The summed E-state index contributed by atoms with van der Waals surface area (Å²) in [5, 5.41) is 5.83. The molecule has 0 fully saturated rings. The summed E-state index contributed by atoms with van der Waals surface area (Å²) in [5.41, 5.74) is 4.38. The van der Waals surface area contributed by atoms with Crippen molar-refractivity contribution < 1.29 is 19.1 Å². The molecule has 0 aliphatic rings. The second-order valence-corrected chi connectivity index (χ2v) is 9.08. The van der Waals surface area contributed by atoms with Crippen LogP contribution in [0.1, 0.15) is 20.7 Å². The van der Waals surface area contributed by atoms with Crippen LogP contribution < -0.4 is 25.0 Å². The van der Waals surface area contributed by atoms with E-state index < -0.39 is 0 Å². The van der Waals surface area contributed by atoms with Crippen LogP contribution in [0.5, 0.6) is 11.5 Å². The number of nitrogens with one attached hydrogen (secondary N) is 2. The molecule has 0 aromatic heterocycles. The summed E-state index contributed by atoms with van der Waals surface area (Å²) < 4.78 is 10.6. The number of para-hydroxylation sites is 3. The van der Waals surface area contributed by atoms with Gasteiger partial charge >= 0.3 is 0 Å². The number of benzene rings is 5. The smallest absolute Gasteiger partial charge is 0.257 e. The summed E-state index contributed by atoms with van der Waals surface area (Å²) in [7, 11) is 3.08. The zero-order valence-corrected chi connectivity index (χ0v) is 22.7. The molecule has 0 spiro atoms. The molecule has 0 heterocycles. The number of nitrogens with zero attached hydrogens (tertiary/aromatic N) is 1. The van der Waals surface area contributed by atoms with E-state index in [1.807, 2.05) is 83.8 Å². The molecule has 5 aromatic carbocycles. The third-order valence-corrected chi connectivity index (χ3v) is 6.46. The maximum absolute atomic E-state index is 13.7. The van der Waals surface area contributed by atoms with E-state index in [1.165, 1.54) is 7.11 Å². The standard InChI is InChI=1S/C34H29N3O4/c1-40-28-20-21-32(41-2)30(23-28)36-33(38)24-12-11-13-25(22-24)35-34(39)29-18-9-10-19-31(29)37(26-14-5-3-6-15-26)27-16-7-4-8-17-27/h3-23H,1-2H3,(H,35,39)(H,36,38). The second-order valence-electron chi connectivity index (χ2n) is 9.08. The highest BCUT2D eigenvalue weighted by Crippen LogP contribution is 2.36. The van der Waals surface area contributed by atoms with Gasteiger partial charge < -0.3 is 25.0 Å². The average Bonchev–Trinajstić information content (AvgIpc) is 3.02. The van der Waals surface area contributed by atoms with E-state index in [2.05, 4.69) is 10.6 Å². The zero-order valence-electron chi connectivity index (χ0n) is 22.7. The summed E-state index contributed by atoms with van der Waals surface area (Å²) in [6.07, 6.45) is 0. The van der Waals surface area contributed by atoms with Crippen LogP contribution >= 0.6 is 0 Å². The molecule has 0 saturated heterocycles. The highest BCUT2D eigenvalue weighted by atomic mass is 16.5. The molecule has 0 aliphatic carbocycles. The molecule has 0 saturated carbocycles. The van der Waals surface area contributed by atoms with Crippen LogP contribution in [0.4, 0.5) is 28.4 Å². The third kappa shape index (κ3) is 6.20. The van der Waals surface area contributed by atoms with Gasteiger partial charge in [0.2, 0.25) is 0 Å². The molecule has 0 unspecified atom stereocenters. The van der Waals surface area contributed by atoms with Gasteiger partial charge in [0.15, 0.2) is 0 Å². The normalized spacial score (nSPS) is 10.4. The fourth-order valence-electron chi connectivity index (χ4n) is 4.48. The Kier molecular flexibility index (Phi) is 8.26. The number of rotatable bonds is 9. The van der Waals surface area contributed by atoms with Crippen molar-refractivity contribution in [2.45, 2.75) is 0 Å². The Labute approximate surface area is 239 Å². The van der Waals surface area contributed by atoms with Gasteiger partial charge in [0, 0.05) is 28.7 Å². The summed E-state index contributed by atoms with van der Waals surface area (Å²) >= 11 is 0. The van der Waals surface area contributed by atoms with Gasteiger partial charge in [-0.3, -0.25) is 9.59 Å². The maximum atomic E-state index is 13.7. The van der Waals surface area contributed by atoms with E-state index in [9.17, 15) is 9.59 Å². The van der Waals surface area contributed by atoms with Crippen molar-refractivity contribution in [1.82, 2.24) is 0 Å². The molecular formula is C34H29N3O4. The van der Waals surface area contributed by atoms with E-state index in [4.69, 9.17) is 9.47 Å². The molecule has 5 rings (SSSR count). The van der Waals surface area contributed by atoms with Crippen molar-refractivity contribution in [3.05, 3.63) is 139 Å². The molecule has 204 valence electrons. The lowest BCUT2D eigenvalue weighted by molar-refractivity contribution is 0.101. The average molecular weight is 544 g/mol. The lowest BCUT2D eigenvalue weighted by Gasteiger charge is -2.27. The molecule has 0 atom stereocenters. The van der Waals surface area contributed by atoms with Crippen LogP contribution in [0.2, 0.25) is 0 Å². The largest absolute Gasteiger partial charge is 0.497 e. The molecule has 2 N–H and O–H groups in total. The number of ether oxygens (including phenoxy) is 2. The molecular weight excluding hydrogens is 514 g/mol. The number of anilines is 5. The molecule has 2 amide bonds. The quantitative estimate of drug-likeness (QED) is 0.199. The van der Waals surface area contributed by atoms with Gasteiger partial charge in [0.1, 0.15) is 11.5 Å². The second kappa shape index (κ2) is 12.5. The molecule has 0 radical (unpaired) electrons. The van der Waals surface area contributed by atoms with E-state index in [0.717, 1.165) is 17.1 Å². The highest BCUT2D eigenvalue weighted by molar-refractivity contribution is 6.10. The van der Waals surface area contributed by atoms with Crippen molar-refractivity contribution in [1.29, 1.82) is 0 Å². The van der Waals surface area contributed by atoms with Crippen molar-refractivity contribution in [3.8, 4) is 11.5 Å². The van der Waals surface area contributed by atoms with Gasteiger partial charge in [0.25, 0.3) is 11.8 Å². The summed E-state index contributed by atoms with van der Waals surface area (Å²) in [4.78, 5) is 28.8. The molecule has 0 bridgehead atoms. The van der Waals surface area contributed by atoms with Crippen LogP contribution in [-0.4, -0.2) is 26.0 Å². The van der Waals surface area contributed by atoms with Crippen molar-refractivity contribution in [2.75, 3.05) is 29.8 Å². The molecule has 5 aromatic rings. The van der Waals surface area contributed by atoms with Gasteiger partial charge in [0.05, 0.1) is 31.2 Å². The fourth-order valence-corrected chi connectivity index (χ4v) is 4.48. The zero-order chi connectivity index (χ0) is 28.6.